The first-order chi connectivity index (χ1) is 22.5. The number of nitrogens with zero attached hydrogens (tertiary/aromatic N) is 4. The molecule has 0 unspecified atom stereocenters. The molecule has 0 saturated heterocycles. The van der Waals surface area contributed by atoms with E-state index in [0.29, 0.717) is 35.5 Å². The first kappa shape index (κ1) is 34.9. The van der Waals surface area contributed by atoms with Crippen molar-refractivity contribution in [2.24, 2.45) is 10.1 Å². The zero-order valence-corrected chi connectivity index (χ0v) is 26.4. The van der Waals surface area contributed by atoms with Gasteiger partial charge in [0.15, 0.2) is 11.6 Å². The van der Waals surface area contributed by atoms with Crippen molar-refractivity contribution in [1.82, 2.24) is 5.32 Å². The summed E-state index contributed by atoms with van der Waals surface area (Å²) in [5.74, 6) is -2.02. The lowest BCUT2D eigenvalue weighted by Gasteiger charge is -2.32. The average Bonchev–Trinajstić information content (AvgIpc) is 3.43. The van der Waals surface area contributed by atoms with Gasteiger partial charge in [-0.05, 0) is 86.3 Å². The Balaban J connectivity index is 1.80. The second kappa shape index (κ2) is 15.5. The minimum Gasteiger partial charge on any atom is -0.494 e. The Morgan fingerprint density at radius 3 is 2.55 bits per heavy atom. The van der Waals surface area contributed by atoms with Crippen LogP contribution in [0.3, 0.4) is 0 Å². The van der Waals surface area contributed by atoms with Gasteiger partial charge in [0.25, 0.3) is 5.91 Å². The third kappa shape index (κ3) is 9.05. The molecule has 0 bridgehead atoms. The Hall–Kier alpha value is -5.00. The van der Waals surface area contributed by atoms with Crippen LogP contribution in [0.4, 0.5) is 8.78 Å². The van der Waals surface area contributed by atoms with E-state index in [9.17, 15) is 18.4 Å². The maximum Gasteiger partial charge on any atom is 0.306 e. The highest BCUT2D eigenvalue weighted by Gasteiger charge is 2.53. The molecule has 1 aliphatic rings. The third-order valence-corrected chi connectivity index (χ3v) is 7.25. The van der Waals surface area contributed by atoms with E-state index < -0.39 is 40.8 Å². The van der Waals surface area contributed by atoms with Crippen LogP contribution in [0.25, 0.3) is 10.4 Å². The minimum atomic E-state index is -1.79. The number of esters is 1. The molecule has 0 aliphatic carbocycles. The van der Waals surface area contributed by atoms with E-state index in [4.69, 9.17) is 29.8 Å². The fourth-order valence-electron chi connectivity index (χ4n) is 5.08. The highest BCUT2D eigenvalue weighted by Crippen LogP contribution is 2.44. The van der Waals surface area contributed by atoms with E-state index in [-0.39, 0.29) is 44.0 Å². The smallest absolute Gasteiger partial charge is 0.306 e. The molecule has 47 heavy (non-hydrogen) atoms. The fourth-order valence-corrected chi connectivity index (χ4v) is 5.08. The Bertz CT molecular complexity index is 1650. The second-order valence-corrected chi connectivity index (χ2v) is 11.9. The largest absolute Gasteiger partial charge is 0.494 e. The Labute approximate surface area is 271 Å². The summed E-state index contributed by atoms with van der Waals surface area (Å²) in [7, 11) is 0. The van der Waals surface area contributed by atoms with Crippen LogP contribution in [0.5, 0.6) is 5.75 Å². The molecular formula is C34H37F2N5O6. The molecule has 3 aromatic carbocycles. The number of rotatable bonds is 14. The molecule has 0 fully saturated rings. The predicted octanol–water partition coefficient (Wildman–Crippen LogP) is 6.23. The molecule has 2 atom stereocenters. The normalized spacial score (nSPS) is 17.2. The number of carbonyl (C=O) groups is 2. The van der Waals surface area contributed by atoms with Crippen molar-refractivity contribution in [3.63, 3.8) is 0 Å². The molecule has 248 valence electrons. The lowest BCUT2D eigenvalue weighted by molar-refractivity contribution is -0.155. The topological polar surface area (TPSA) is 155 Å². The standard InChI is InChI=1S/C34H37F2N5O6/c1-33(2,3)47-29(43)15-16-34(32(44)38-20-24-19-25(35)11-14-28(24)36)30(27-8-5-4-7-23(27)21-39-41-37)46-31(40-34)22-9-12-26(13-10-22)45-18-6-17-42/h4-5,7-14,19,30,42H,6,15-18,20-21H2,1-3H3,(H,38,44)/t30-,34-/m1/s1. The Morgan fingerprint density at radius 2 is 1.85 bits per heavy atom. The lowest BCUT2D eigenvalue weighted by atomic mass is 9.81. The van der Waals surface area contributed by atoms with Crippen LogP contribution >= 0.6 is 0 Å². The number of nitrogens with one attached hydrogen (secondary N) is 1. The molecule has 3 aromatic rings. The van der Waals surface area contributed by atoms with Crippen LogP contribution in [-0.2, 0) is 32.2 Å². The van der Waals surface area contributed by atoms with Gasteiger partial charge in [-0.3, -0.25) is 9.59 Å². The number of amides is 1. The summed E-state index contributed by atoms with van der Waals surface area (Å²) in [5.41, 5.74) is 7.91. The first-order valence-corrected chi connectivity index (χ1v) is 15.1. The van der Waals surface area contributed by atoms with Gasteiger partial charge in [-0.25, -0.2) is 13.8 Å². The Kier molecular flexibility index (Phi) is 11.5. The molecule has 1 amide bonds. The molecular weight excluding hydrogens is 612 g/mol. The van der Waals surface area contributed by atoms with Gasteiger partial charge in [-0.1, -0.05) is 29.4 Å². The predicted molar refractivity (Wildman–Crippen MR) is 169 cm³/mol. The van der Waals surface area contributed by atoms with Gasteiger partial charge in [0.2, 0.25) is 5.90 Å². The van der Waals surface area contributed by atoms with Crippen molar-refractivity contribution < 1.29 is 37.7 Å². The van der Waals surface area contributed by atoms with Crippen molar-refractivity contribution in [1.29, 1.82) is 0 Å². The number of hydrogen-bond donors (Lipinski definition) is 2. The maximum atomic E-state index is 14.5. The average molecular weight is 650 g/mol. The molecule has 0 aromatic heterocycles. The number of aliphatic hydroxyl groups excluding tert-OH is 1. The molecule has 1 heterocycles. The van der Waals surface area contributed by atoms with E-state index >= 15 is 0 Å². The molecule has 0 saturated carbocycles. The number of carbonyl (C=O) groups excluding carboxylic acids is 2. The number of aliphatic hydroxyl groups is 1. The second-order valence-electron chi connectivity index (χ2n) is 11.9. The summed E-state index contributed by atoms with van der Waals surface area (Å²) < 4.78 is 46.1. The van der Waals surface area contributed by atoms with Crippen molar-refractivity contribution in [2.45, 2.75) is 70.4 Å². The summed E-state index contributed by atoms with van der Waals surface area (Å²) in [4.78, 5) is 35.0. The van der Waals surface area contributed by atoms with Crippen molar-refractivity contribution in [2.75, 3.05) is 13.2 Å². The molecule has 0 spiro atoms. The van der Waals surface area contributed by atoms with Crippen molar-refractivity contribution >= 4 is 17.8 Å². The van der Waals surface area contributed by atoms with Gasteiger partial charge in [0, 0.05) is 42.0 Å². The summed E-state index contributed by atoms with van der Waals surface area (Å²) in [6, 6.07) is 16.6. The molecule has 2 N–H and O–H groups in total. The van der Waals surface area contributed by atoms with Crippen LogP contribution in [0.2, 0.25) is 0 Å². The van der Waals surface area contributed by atoms with E-state index in [1.54, 1.807) is 69.3 Å². The Morgan fingerprint density at radius 1 is 1.11 bits per heavy atom. The monoisotopic (exact) mass is 649 g/mol. The number of benzene rings is 3. The van der Waals surface area contributed by atoms with Crippen LogP contribution in [0, 0.1) is 11.6 Å². The lowest BCUT2D eigenvalue weighted by Crippen LogP contribution is -2.48. The quantitative estimate of drug-likeness (QED) is 0.0694. The van der Waals surface area contributed by atoms with Gasteiger partial charge in [0.05, 0.1) is 13.2 Å². The zero-order valence-electron chi connectivity index (χ0n) is 26.4. The number of aliphatic imine (C=N–C) groups is 1. The highest BCUT2D eigenvalue weighted by atomic mass is 19.1. The van der Waals surface area contributed by atoms with Crippen molar-refractivity contribution in [3.8, 4) is 5.75 Å². The molecule has 4 rings (SSSR count). The summed E-state index contributed by atoms with van der Waals surface area (Å²) in [6.45, 7) is 5.06. The van der Waals surface area contributed by atoms with Crippen molar-refractivity contribution in [3.05, 3.63) is 111 Å². The number of azide groups is 1. The SMILES string of the molecule is CC(C)(C)OC(=O)CC[C@@]1(C(=O)NCc2cc(F)ccc2F)N=C(c2ccc(OCCCO)cc2)O[C@@H]1c1ccccc1CN=[N+]=[N-]. The van der Waals surface area contributed by atoms with Crippen LogP contribution in [0.15, 0.2) is 76.8 Å². The van der Waals surface area contributed by atoms with Gasteiger partial charge < -0.3 is 24.6 Å². The maximum absolute atomic E-state index is 14.5. The summed E-state index contributed by atoms with van der Waals surface area (Å²) in [6.07, 6.45) is -1.07. The molecule has 1 aliphatic heterocycles. The van der Waals surface area contributed by atoms with E-state index in [0.717, 1.165) is 18.2 Å². The highest BCUT2D eigenvalue weighted by molar-refractivity contribution is 6.01. The van der Waals surface area contributed by atoms with Crippen LogP contribution in [-0.4, -0.2) is 47.2 Å². The molecule has 11 nitrogen and oxygen atoms in total. The molecule has 0 radical (unpaired) electrons. The van der Waals surface area contributed by atoms with E-state index in [1.807, 2.05) is 0 Å². The van der Waals surface area contributed by atoms with Crippen LogP contribution in [0.1, 0.15) is 68.4 Å². The summed E-state index contributed by atoms with van der Waals surface area (Å²) >= 11 is 0. The van der Waals surface area contributed by atoms with E-state index in [2.05, 4.69) is 15.3 Å². The van der Waals surface area contributed by atoms with Gasteiger partial charge >= 0.3 is 5.97 Å². The van der Waals surface area contributed by atoms with Gasteiger partial charge in [0.1, 0.15) is 23.0 Å². The van der Waals surface area contributed by atoms with Crippen LogP contribution < -0.4 is 10.1 Å². The number of halogens is 2. The van der Waals surface area contributed by atoms with E-state index in [1.165, 1.54) is 0 Å². The minimum absolute atomic E-state index is 0.00936. The number of ether oxygens (including phenoxy) is 3. The zero-order chi connectivity index (χ0) is 34.0. The molecule has 13 heteroatoms. The van der Waals surface area contributed by atoms with Gasteiger partial charge in [-0.15, -0.1) is 0 Å². The first-order valence-electron chi connectivity index (χ1n) is 15.1. The summed E-state index contributed by atoms with van der Waals surface area (Å²) in [5, 5.41) is 15.4. The third-order valence-electron chi connectivity index (χ3n) is 7.25. The fraction of sp³-hybridized carbons (Fsp3) is 0.382. The number of hydrogen-bond acceptors (Lipinski definition) is 8. The van der Waals surface area contributed by atoms with Gasteiger partial charge in [-0.2, -0.15) is 0 Å².